The lowest BCUT2D eigenvalue weighted by atomic mass is 10.1. The summed E-state index contributed by atoms with van der Waals surface area (Å²) in [6.07, 6.45) is 0.674. The van der Waals surface area contributed by atoms with Crippen molar-refractivity contribution in [1.29, 1.82) is 5.26 Å². The van der Waals surface area contributed by atoms with Crippen LogP contribution in [-0.4, -0.2) is 17.4 Å². The van der Waals surface area contributed by atoms with Gasteiger partial charge in [0.05, 0.1) is 17.3 Å². The first-order valence-electron chi connectivity index (χ1n) is 7.54. The quantitative estimate of drug-likeness (QED) is 0.775. The van der Waals surface area contributed by atoms with Crippen LogP contribution in [0.25, 0.3) is 10.6 Å². The molecule has 0 atom stereocenters. The molecule has 24 heavy (non-hydrogen) atoms. The molecule has 0 saturated carbocycles. The maximum atomic E-state index is 12.1. The Morgan fingerprint density at radius 2 is 2.00 bits per heavy atom. The monoisotopic (exact) mass is 333 g/mol. The van der Waals surface area contributed by atoms with Gasteiger partial charge < -0.3 is 5.32 Å². The summed E-state index contributed by atoms with van der Waals surface area (Å²) in [6, 6.07) is 18.7. The second-order valence-corrected chi connectivity index (χ2v) is 6.07. The summed E-state index contributed by atoms with van der Waals surface area (Å²) in [6.45, 7) is 0.508. The first-order valence-corrected chi connectivity index (χ1v) is 8.42. The van der Waals surface area contributed by atoms with Crippen LogP contribution in [0, 0.1) is 11.3 Å². The van der Waals surface area contributed by atoms with E-state index < -0.39 is 0 Å². The predicted octanol–water partition coefficient (Wildman–Crippen LogP) is 3.65. The van der Waals surface area contributed by atoms with Crippen molar-refractivity contribution in [1.82, 2.24) is 10.3 Å². The van der Waals surface area contributed by atoms with Gasteiger partial charge in [-0.15, -0.1) is 11.3 Å². The Morgan fingerprint density at radius 3 is 2.79 bits per heavy atom. The number of rotatable bonds is 5. The number of carbonyl (C=O) groups excluding carboxylic acids is 1. The number of carbonyl (C=O) groups is 1. The normalized spacial score (nSPS) is 10.1. The van der Waals surface area contributed by atoms with Crippen LogP contribution < -0.4 is 5.32 Å². The van der Waals surface area contributed by atoms with Gasteiger partial charge in [-0.05, 0) is 18.2 Å². The van der Waals surface area contributed by atoms with Crippen molar-refractivity contribution in [3.63, 3.8) is 0 Å². The summed E-state index contributed by atoms with van der Waals surface area (Å²) in [4.78, 5) is 16.7. The molecule has 0 unspecified atom stereocenters. The van der Waals surface area contributed by atoms with E-state index in [-0.39, 0.29) is 5.91 Å². The number of hydrogen-bond acceptors (Lipinski definition) is 4. The molecule has 1 N–H and O–H groups in total. The lowest BCUT2D eigenvalue weighted by Gasteiger charge is -2.04. The average Bonchev–Trinajstić information content (AvgIpc) is 3.11. The molecule has 0 saturated heterocycles. The molecule has 1 amide bonds. The molecule has 0 radical (unpaired) electrons. The molecule has 0 aliphatic heterocycles. The van der Waals surface area contributed by atoms with Gasteiger partial charge in [0, 0.05) is 29.5 Å². The minimum Gasteiger partial charge on any atom is -0.352 e. The number of thiazole rings is 1. The van der Waals surface area contributed by atoms with E-state index in [0.29, 0.717) is 24.1 Å². The van der Waals surface area contributed by atoms with E-state index >= 15 is 0 Å². The fraction of sp³-hybridized carbons (Fsp3) is 0.105. The Bertz CT molecular complexity index is 881. The maximum Gasteiger partial charge on any atom is 0.251 e. The molecule has 3 aromatic rings. The highest BCUT2D eigenvalue weighted by molar-refractivity contribution is 7.13. The fourth-order valence-electron chi connectivity index (χ4n) is 2.27. The van der Waals surface area contributed by atoms with Gasteiger partial charge in [-0.3, -0.25) is 4.79 Å². The molecule has 3 rings (SSSR count). The summed E-state index contributed by atoms with van der Waals surface area (Å²) >= 11 is 1.60. The van der Waals surface area contributed by atoms with E-state index in [1.54, 1.807) is 35.6 Å². The van der Waals surface area contributed by atoms with Crippen molar-refractivity contribution in [2.75, 3.05) is 6.54 Å². The second-order valence-electron chi connectivity index (χ2n) is 5.21. The van der Waals surface area contributed by atoms with Crippen molar-refractivity contribution < 1.29 is 4.79 Å². The zero-order valence-corrected chi connectivity index (χ0v) is 13.7. The van der Waals surface area contributed by atoms with E-state index in [4.69, 9.17) is 5.26 Å². The molecule has 118 valence electrons. The van der Waals surface area contributed by atoms with Crippen LogP contribution >= 0.6 is 11.3 Å². The van der Waals surface area contributed by atoms with Gasteiger partial charge >= 0.3 is 0 Å². The number of amides is 1. The number of benzene rings is 2. The molecule has 1 aromatic heterocycles. The van der Waals surface area contributed by atoms with Gasteiger partial charge in [0.15, 0.2) is 0 Å². The van der Waals surface area contributed by atoms with Gasteiger partial charge in [0.25, 0.3) is 5.91 Å². The van der Waals surface area contributed by atoms with Gasteiger partial charge in [-0.2, -0.15) is 5.26 Å². The predicted molar refractivity (Wildman–Crippen MR) is 94.7 cm³/mol. The Labute approximate surface area is 144 Å². The van der Waals surface area contributed by atoms with Crippen molar-refractivity contribution >= 4 is 17.2 Å². The first-order chi connectivity index (χ1) is 11.8. The Kier molecular flexibility index (Phi) is 4.99. The molecule has 0 aliphatic rings. The average molecular weight is 333 g/mol. The van der Waals surface area contributed by atoms with E-state index in [9.17, 15) is 4.79 Å². The Balaban J connectivity index is 1.56. The number of nitrogens with one attached hydrogen (secondary N) is 1. The standard InChI is InChI=1S/C19H15N3OS/c20-12-14-5-4-8-16(11-14)18(23)21-10-9-17-13-24-19(22-17)15-6-2-1-3-7-15/h1-8,11,13H,9-10H2,(H,21,23). The minimum atomic E-state index is -0.175. The smallest absolute Gasteiger partial charge is 0.251 e. The molecular weight excluding hydrogens is 318 g/mol. The van der Waals surface area contributed by atoms with Crippen LogP contribution in [0.2, 0.25) is 0 Å². The van der Waals surface area contributed by atoms with E-state index in [0.717, 1.165) is 16.3 Å². The van der Waals surface area contributed by atoms with Gasteiger partial charge in [0.2, 0.25) is 0 Å². The summed E-state index contributed by atoms with van der Waals surface area (Å²) < 4.78 is 0. The summed E-state index contributed by atoms with van der Waals surface area (Å²) in [5, 5.41) is 14.7. The highest BCUT2D eigenvalue weighted by atomic mass is 32.1. The fourth-order valence-corrected chi connectivity index (χ4v) is 3.13. The van der Waals surface area contributed by atoms with Gasteiger partial charge in [-0.1, -0.05) is 36.4 Å². The topological polar surface area (TPSA) is 65.8 Å². The zero-order valence-electron chi connectivity index (χ0n) is 12.9. The molecule has 0 aliphatic carbocycles. The molecule has 1 heterocycles. The van der Waals surface area contributed by atoms with Gasteiger partial charge in [0.1, 0.15) is 5.01 Å². The summed E-state index contributed by atoms with van der Waals surface area (Å²) in [7, 11) is 0. The zero-order chi connectivity index (χ0) is 16.8. The first kappa shape index (κ1) is 15.9. The number of nitrogens with zero attached hydrogens (tertiary/aromatic N) is 2. The number of aromatic nitrogens is 1. The largest absolute Gasteiger partial charge is 0.352 e. The van der Waals surface area contributed by atoms with Crippen LogP contribution in [-0.2, 0) is 6.42 Å². The van der Waals surface area contributed by atoms with Gasteiger partial charge in [-0.25, -0.2) is 4.98 Å². The SMILES string of the molecule is N#Cc1cccc(C(=O)NCCc2csc(-c3ccccc3)n2)c1. The van der Waals surface area contributed by atoms with Crippen LogP contribution in [0.1, 0.15) is 21.6 Å². The second kappa shape index (κ2) is 7.53. The molecule has 0 spiro atoms. The molecule has 2 aromatic carbocycles. The number of nitriles is 1. The highest BCUT2D eigenvalue weighted by Gasteiger charge is 2.07. The third-order valence-corrected chi connectivity index (χ3v) is 4.43. The lowest BCUT2D eigenvalue weighted by molar-refractivity contribution is 0.0954. The molecule has 4 nitrogen and oxygen atoms in total. The lowest BCUT2D eigenvalue weighted by Crippen LogP contribution is -2.25. The molecule has 0 bridgehead atoms. The maximum absolute atomic E-state index is 12.1. The highest BCUT2D eigenvalue weighted by Crippen LogP contribution is 2.23. The van der Waals surface area contributed by atoms with Crippen LogP contribution in [0.3, 0.4) is 0 Å². The summed E-state index contributed by atoms with van der Waals surface area (Å²) in [5.74, 6) is -0.175. The van der Waals surface area contributed by atoms with Crippen LogP contribution in [0.4, 0.5) is 0 Å². The summed E-state index contributed by atoms with van der Waals surface area (Å²) in [5.41, 5.74) is 3.04. The van der Waals surface area contributed by atoms with E-state index in [1.165, 1.54) is 0 Å². The molecule has 0 fully saturated rings. The molecule has 5 heteroatoms. The van der Waals surface area contributed by atoms with Crippen molar-refractivity contribution in [2.24, 2.45) is 0 Å². The van der Waals surface area contributed by atoms with Crippen molar-refractivity contribution in [3.05, 3.63) is 76.8 Å². The third kappa shape index (κ3) is 3.86. The Hall–Kier alpha value is -2.97. The molecular formula is C19H15N3OS. The van der Waals surface area contributed by atoms with Crippen molar-refractivity contribution in [2.45, 2.75) is 6.42 Å². The minimum absolute atomic E-state index is 0.175. The van der Waals surface area contributed by atoms with Crippen molar-refractivity contribution in [3.8, 4) is 16.6 Å². The third-order valence-electron chi connectivity index (χ3n) is 3.49. The van der Waals surface area contributed by atoms with Crippen LogP contribution in [0.15, 0.2) is 60.0 Å². The van der Waals surface area contributed by atoms with E-state index in [1.807, 2.05) is 41.8 Å². The van der Waals surface area contributed by atoms with Crippen LogP contribution in [0.5, 0.6) is 0 Å². The Morgan fingerprint density at radius 1 is 1.17 bits per heavy atom. The van der Waals surface area contributed by atoms with E-state index in [2.05, 4.69) is 10.3 Å². The number of hydrogen-bond donors (Lipinski definition) is 1.